The van der Waals surface area contributed by atoms with E-state index in [-0.39, 0.29) is 5.75 Å². The van der Waals surface area contributed by atoms with E-state index in [1.165, 1.54) is 12.3 Å². The van der Waals surface area contributed by atoms with Gasteiger partial charge in [-0.1, -0.05) is 17.4 Å². The van der Waals surface area contributed by atoms with Crippen molar-refractivity contribution in [3.05, 3.63) is 36.4 Å². The highest BCUT2D eigenvalue weighted by molar-refractivity contribution is 7.22. The largest absolute Gasteiger partial charge is 0.507 e. The molecule has 0 unspecified atom stereocenters. The van der Waals surface area contributed by atoms with Crippen LogP contribution in [0, 0.1) is 11.4 Å². The summed E-state index contributed by atoms with van der Waals surface area (Å²) in [5, 5.41) is 29.2. The molecule has 3 aromatic heterocycles. The standard InChI is InChI=1S/C19H16FN7OS/c20-16-12(5-22-25-16)10-1-2-11(14(28)3-10)13-4-15-17(26-24-13)23-18(29-15)27-8-19(9-27)6-21-7-19/h1-5,21,28H,6-9H2,(H,22,25). The Morgan fingerprint density at radius 1 is 1.14 bits per heavy atom. The van der Waals surface area contributed by atoms with Crippen LogP contribution < -0.4 is 10.2 Å². The van der Waals surface area contributed by atoms with E-state index in [0.29, 0.717) is 33.4 Å². The van der Waals surface area contributed by atoms with Gasteiger partial charge in [-0.05, 0) is 23.8 Å². The normalized spacial score (nSPS) is 17.5. The van der Waals surface area contributed by atoms with Crippen molar-refractivity contribution in [2.45, 2.75) is 0 Å². The summed E-state index contributed by atoms with van der Waals surface area (Å²) in [6, 6.07) is 6.81. The number of halogens is 1. The van der Waals surface area contributed by atoms with Gasteiger partial charge >= 0.3 is 0 Å². The van der Waals surface area contributed by atoms with Gasteiger partial charge < -0.3 is 15.3 Å². The Kier molecular flexibility index (Phi) is 3.44. The lowest BCUT2D eigenvalue weighted by Gasteiger charge is -2.56. The predicted molar refractivity (Wildman–Crippen MR) is 107 cm³/mol. The number of phenolic OH excluding ortho intramolecular Hbond substituents is 1. The number of aromatic nitrogens is 5. The molecule has 29 heavy (non-hydrogen) atoms. The fourth-order valence-corrected chi connectivity index (χ4v) is 4.93. The highest BCUT2D eigenvalue weighted by Gasteiger charge is 2.48. The van der Waals surface area contributed by atoms with E-state index in [0.717, 1.165) is 36.0 Å². The van der Waals surface area contributed by atoms with Crippen LogP contribution in [0.25, 0.3) is 32.7 Å². The predicted octanol–water partition coefficient (Wildman–Crippen LogP) is 2.40. The summed E-state index contributed by atoms with van der Waals surface area (Å²) in [7, 11) is 0. The molecule has 3 N–H and O–H groups in total. The molecule has 1 aromatic carbocycles. The van der Waals surface area contributed by atoms with Crippen molar-refractivity contribution in [2.24, 2.45) is 5.41 Å². The number of anilines is 1. The van der Waals surface area contributed by atoms with Gasteiger partial charge in [0.1, 0.15) is 5.75 Å². The second-order valence-corrected chi connectivity index (χ2v) is 8.70. The third-order valence-electron chi connectivity index (χ3n) is 5.65. The molecule has 0 bridgehead atoms. The minimum Gasteiger partial charge on any atom is -0.507 e. The summed E-state index contributed by atoms with van der Waals surface area (Å²) in [5.74, 6) is -0.607. The lowest BCUT2D eigenvalue weighted by Crippen LogP contribution is -2.71. The summed E-state index contributed by atoms with van der Waals surface area (Å²) in [6.07, 6.45) is 1.45. The Balaban J connectivity index is 1.31. The molecular formula is C19H16FN7OS. The second-order valence-electron chi connectivity index (χ2n) is 7.70. The fraction of sp³-hybridized carbons (Fsp3) is 0.263. The van der Waals surface area contributed by atoms with Crippen molar-refractivity contribution in [1.82, 2.24) is 30.7 Å². The molecule has 10 heteroatoms. The molecule has 0 saturated carbocycles. The van der Waals surface area contributed by atoms with Crippen LogP contribution in [-0.2, 0) is 0 Å². The average molecular weight is 409 g/mol. The Labute approximate surface area is 168 Å². The van der Waals surface area contributed by atoms with Gasteiger partial charge in [-0.2, -0.15) is 9.37 Å². The Hall–Kier alpha value is -3.11. The summed E-state index contributed by atoms with van der Waals surface area (Å²) in [4.78, 5) is 6.89. The van der Waals surface area contributed by atoms with Crippen LogP contribution in [-0.4, -0.2) is 56.7 Å². The van der Waals surface area contributed by atoms with Gasteiger partial charge in [0.15, 0.2) is 10.8 Å². The van der Waals surface area contributed by atoms with Crippen LogP contribution in [0.5, 0.6) is 5.75 Å². The van der Waals surface area contributed by atoms with E-state index in [1.807, 2.05) is 6.07 Å². The zero-order valence-electron chi connectivity index (χ0n) is 15.2. The quantitative estimate of drug-likeness (QED) is 0.477. The molecule has 8 nitrogen and oxygen atoms in total. The second kappa shape index (κ2) is 5.94. The molecule has 1 spiro atoms. The van der Waals surface area contributed by atoms with E-state index in [1.54, 1.807) is 23.5 Å². The number of H-pyrrole nitrogens is 1. The zero-order chi connectivity index (χ0) is 19.6. The highest BCUT2D eigenvalue weighted by Crippen LogP contribution is 2.41. The molecule has 2 saturated heterocycles. The molecule has 4 aromatic rings. The Morgan fingerprint density at radius 3 is 2.69 bits per heavy atom. The molecule has 0 atom stereocenters. The topological polar surface area (TPSA) is 103 Å². The van der Waals surface area contributed by atoms with Crippen LogP contribution in [0.15, 0.2) is 30.5 Å². The first-order chi connectivity index (χ1) is 14.1. The van der Waals surface area contributed by atoms with E-state index in [4.69, 9.17) is 0 Å². The molecule has 0 amide bonds. The molecular weight excluding hydrogens is 393 g/mol. The summed E-state index contributed by atoms with van der Waals surface area (Å²) >= 11 is 1.58. The van der Waals surface area contributed by atoms with E-state index in [9.17, 15) is 9.50 Å². The van der Waals surface area contributed by atoms with Crippen LogP contribution >= 0.6 is 11.3 Å². The maximum Gasteiger partial charge on any atom is 0.240 e. The molecule has 5 heterocycles. The summed E-state index contributed by atoms with van der Waals surface area (Å²) in [5.41, 5.74) is 2.95. The maximum absolute atomic E-state index is 13.7. The SMILES string of the molecule is Oc1cc(-c2c[nH]nc2F)ccc1-c1cc2sc(N3CC4(CNC4)C3)nc2nn1. The number of aromatic amines is 1. The van der Waals surface area contributed by atoms with Crippen LogP contribution in [0.3, 0.4) is 0 Å². The third kappa shape index (κ3) is 2.60. The molecule has 146 valence electrons. The van der Waals surface area contributed by atoms with Gasteiger partial charge in [0.2, 0.25) is 5.95 Å². The highest BCUT2D eigenvalue weighted by atomic mass is 32.1. The average Bonchev–Trinajstić information content (AvgIpc) is 3.24. The van der Waals surface area contributed by atoms with Crippen LogP contribution in [0.1, 0.15) is 0 Å². The summed E-state index contributed by atoms with van der Waals surface area (Å²) in [6.45, 7) is 4.20. The van der Waals surface area contributed by atoms with Gasteiger partial charge in [0.25, 0.3) is 0 Å². The molecule has 6 rings (SSSR count). The molecule has 2 fully saturated rings. The number of hydrogen-bond acceptors (Lipinski definition) is 8. The maximum atomic E-state index is 13.7. The van der Waals surface area contributed by atoms with Gasteiger partial charge in [-0.3, -0.25) is 5.10 Å². The minimum atomic E-state index is -0.610. The summed E-state index contributed by atoms with van der Waals surface area (Å²) < 4.78 is 14.6. The minimum absolute atomic E-state index is 0.00339. The van der Waals surface area contributed by atoms with Gasteiger partial charge in [-0.15, -0.1) is 15.3 Å². The monoisotopic (exact) mass is 409 g/mol. The van der Waals surface area contributed by atoms with E-state index in [2.05, 4.69) is 35.6 Å². The first kappa shape index (κ1) is 16.8. The smallest absolute Gasteiger partial charge is 0.240 e. The molecule has 2 aliphatic rings. The van der Waals surface area contributed by atoms with Crippen molar-refractivity contribution in [1.29, 1.82) is 0 Å². The number of hydrogen-bond donors (Lipinski definition) is 3. The van der Waals surface area contributed by atoms with Gasteiger partial charge in [0.05, 0.1) is 16.0 Å². The Bertz CT molecular complexity index is 1240. The van der Waals surface area contributed by atoms with Crippen molar-refractivity contribution < 1.29 is 9.50 Å². The lowest BCUT2D eigenvalue weighted by atomic mass is 9.75. The van der Waals surface area contributed by atoms with Gasteiger partial charge in [-0.25, -0.2) is 0 Å². The van der Waals surface area contributed by atoms with Crippen LogP contribution in [0.4, 0.5) is 9.52 Å². The number of benzene rings is 1. The van der Waals surface area contributed by atoms with Crippen molar-refractivity contribution >= 4 is 26.8 Å². The van der Waals surface area contributed by atoms with Crippen molar-refractivity contribution in [3.8, 4) is 28.1 Å². The van der Waals surface area contributed by atoms with Crippen molar-refractivity contribution in [3.63, 3.8) is 0 Å². The molecule has 0 aliphatic carbocycles. The number of nitrogens with one attached hydrogen (secondary N) is 2. The first-order valence-electron chi connectivity index (χ1n) is 9.23. The number of nitrogens with zero attached hydrogens (tertiary/aromatic N) is 5. The number of rotatable bonds is 3. The van der Waals surface area contributed by atoms with Crippen LogP contribution in [0.2, 0.25) is 0 Å². The molecule has 2 aliphatic heterocycles. The number of aromatic hydroxyl groups is 1. The van der Waals surface area contributed by atoms with Crippen molar-refractivity contribution in [2.75, 3.05) is 31.1 Å². The number of thiazole rings is 1. The van der Waals surface area contributed by atoms with Gasteiger partial charge in [0, 0.05) is 43.4 Å². The fourth-order valence-electron chi connectivity index (χ4n) is 3.99. The number of phenols is 1. The third-order valence-corrected chi connectivity index (χ3v) is 6.70. The Morgan fingerprint density at radius 2 is 2.00 bits per heavy atom. The molecule has 0 radical (unpaired) electrons. The van der Waals surface area contributed by atoms with E-state index < -0.39 is 5.95 Å². The first-order valence-corrected chi connectivity index (χ1v) is 10.0. The zero-order valence-corrected chi connectivity index (χ0v) is 16.0. The number of fused-ring (bicyclic) bond motifs is 1. The van der Waals surface area contributed by atoms with E-state index >= 15 is 0 Å². The lowest BCUT2D eigenvalue weighted by molar-refractivity contribution is 0.121.